The van der Waals surface area contributed by atoms with Gasteiger partial charge in [-0.3, -0.25) is 4.90 Å². The van der Waals surface area contributed by atoms with Gasteiger partial charge in [0.25, 0.3) is 0 Å². The van der Waals surface area contributed by atoms with E-state index in [2.05, 4.69) is 82.1 Å². The van der Waals surface area contributed by atoms with Crippen LogP contribution in [0.4, 0.5) is 5.82 Å². The summed E-state index contributed by atoms with van der Waals surface area (Å²) in [5.74, 6) is 2.97. The van der Waals surface area contributed by atoms with E-state index >= 15 is 0 Å². The minimum absolute atomic E-state index is 0.165. The Morgan fingerprint density at radius 3 is 1.93 bits per heavy atom. The Bertz CT molecular complexity index is 1210. The third-order valence-electron chi connectivity index (χ3n) is 8.20. The molecule has 7 heteroatoms. The van der Waals surface area contributed by atoms with Crippen molar-refractivity contribution in [3.63, 3.8) is 0 Å². The van der Waals surface area contributed by atoms with E-state index in [0.717, 1.165) is 94.5 Å². The summed E-state index contributed by atoms with van der Waals surface area (Å²) in [7, 11) is 0. The van der Waals surface area contributed by atoms with Crippen molar-refractivity contribution in [1.82, 2.24) is 14.8 Å². The second-order valence-electron chi connectivity index (χ2n) is 11.0. The zero-order valence-electron chi connectivity index (χ0n) is 24.1. The predicted octanol–water partition coefficient (Wildman–Crippen LogP) is 4.79. The summed E-state index contributed by atoms with van der Waals surface area (Å²) in [6.07, 6.45) is 4.55. The van der Waals surface area contributed by atoms with Gasteiger partial charge < -0.3 is 24.4 Å². The number of rotatable bonds is 12. The molecule has 5 rings (SSSR count). The van der Waals surface area contributed by atoms with Crippen LogP contribution in [0, 0.1) is 13.8 Å². The fraction of sp³-hybridized carbons (Fsp3) is 0.485. The molecule has 1 atom stereocenters. The normalized spacial score (nSPS) is 18.3. The first kappa shape index (κ1) is 28.4. The first-order chi connectivity index (χ1) is 19.6. The molecule has 0 aliphatic carbocycles. The summed E-state index contributed by atoms with van der Waals surface area (Å²) in [4.78, 5) is 11.7. The van der Waals surface area contributed by atoms with Crippen molar-refractivity contribution >= 4 is 5.82 Å². The SMILES string of the molecule is Cc1c(OCCCN2CCN(c3ccccn3)CC2)cccc1-c1cccc(OCCCN2CC[C@@H](O)C2)c1C. The number of ether oxygens (including phenoxy) is 2. The lowest BCUT2D eigenvalue weighted by Gasteiger charge is -2.35. The van der Waals surface area contributed by atoms with Crippen molar-refractivity contribution in [1.29, 1.82) is 0 Å². The standard InChI is InChI=1S/C33H44N4O3/c1-26-29(30-10-6-12-32(27(30)2)40-24-8-17-36-18-14-28(38)25-36)9-5-11-31(26)39-23-7-16-35-19-21-37(22-20-35)33-13-3-4-15-34-33/h3-6,9-13,15,28,38H,7-8,14,16-25H2,1-2H3/t28-/m1/s1. The molecule has 40 heavy (non-hydrogen) atoms. The van der Waals surface area contributed by atoms with Crippen molar-refractivity contribution in [3.05, 3.63) is 71.9 Å². The third kappa shape index (κ3) is 7.33. The van der Waals surface area contributed by atoms with Gasteiger partial charge in [0.15, 0.2) is 0 Å². The summed E-state index contributed by atoms with van der Waals surface area (Å²) in [6.45, 7) is 13.6. The van der Waals surface area contributed by atoms with Crippen LogP contribution in [0.1, 0.15) is 30.4 Å². The molecule has 1 aromatic heterocycles. The molecule has 0 unspecified atom stereocenters. The molecule has 2 aliphatic heterocycles. The maximum Gasteiger partial charge on any atom is 0.128 e. The average Bonchev–Trinajstić information content (AvgIpc) is 3.40. The van der Waals surface area contributed by atoms with E-state index in [-0.39, 0.29) is 6.10 Å². The van der Waals surface area contributed by atoms with Crippen molar-refractivity contribution in [2.75, 3.05) is 70.5 Å². The Morgan fingerprint density at radius 1 is 0.750 bits per heavy atom. The van der Waals surface area contributed by atoms with Gasteiger partial charge >= 0.3 is 0 Å². The fourth-order valence-corrected chi connectivity index (χ4v) is 5.82. The van der Waals surface area contributed by atoms with Gasteiger partial charge in [0.2, 0.25) is 0 Å². The Kier molecular flexibility index (Phi) is 9.92. The van der Waals surface area contributed by atoms with E-state index in [4.69, 9.17) is 9.47 Å². The van der Waals surface area contributed by atoms with Crippen LogP contribution >= 0.6 is 0 Å². The van der Waals surface area contributed by atoms with Gasteiger partial charge in [0.05, 0.1) is 19.3 Å². The van der Waals surface area contributed by atoms with Gasteiger partial charge in [-0.2, -0.15) is 0 Å². The van der Waals surface area contributed by atoms with Crippen LogP contribution in [0.3, 0.4) is 0 Å². The van der Waals surface area contributed by atoms with Gasteiger partial charge in [0, 0.05) is 58.6 Å². The second kappa shape index (κ2) is 14.0. The van der Waals surface area contributed by atoms with Crippen LogP contribution in [-0.4, -0.2) is 91.6 Å². The number of β-amino-alcohol motifs (C(OH)–C–C–N with tert-alkyl or cyclic N) is 1. The minimum atomic E-state index is -0.165. The average molecular weight is 545 g/mol. The Balaban J connectivity index is 1.09. The van der Waals surface area contributed by atoms with Crippen LogP contribution in [0.15, 0.2) is 60.8 Å². The van der Waals surface area contributed by atoms with Crippen LogP contribution < -0.4 is 14.4 Å². The molecular formula is C33H44N4O3. The number of pyridine rings is 1. The third-order valence-corrected chi connectivity index (χ3v) is 8.20. The Hall–Kier alpha value is -3.13. The molecule has 0 bridgehead atoms. The lowest BCUT2D eigenvalue weighted by molar-refractivity contribution is 0.173. The topological polar surface area (TPSA) is 61.3 Å². The first-order valence-electron chi connectivity index (χ1n) is 14.8. The molecule has 2 saturated heterocycles. The zero-order chi connectivity index (χ0) is 27.7. The van der Waals surface area contributed by atoms with E-state index in [1.54, 1.807) is 0 Å². The van der Waals surface area contributed by atoms with E-state index < -0.39 is 0 Å². The molecule has 3 aromatic rings. The van der Waals surface area contributed by atoms with Gasteiger partial charge in [0.1, 0.15) is 17.3 Å². The molecule has 7 nitrogen and oxygen atoms in total. The Morgan fingerprint density at radius 2 is 1.38 bits per heavy atom. The molecule has 3 heterocycles. The number of aliphatic hydroxyl groups is 1. The molecule has 0 spiro atoms. The number of benzene rings is 2. The lowest BCUT2D eigenvalue weighted by atomic mass is 9.95. The number of hydrogen-bond acceptors (Lipinski definition) is 7. The second-order valence-corrected chi connectivity index (χ2v) is 11.0. The van der Waals surface area contributed by atoms with Crippen molar-refractivity contribution in [2.24, 2.45) is 0 Å². The van der Waals surface area contributed by atoms with E-state index in [9.17, 15) is 5.11 Å². The summed E-state index contributed by atoms with van der Waals surface area (Å²) >= 11 is 0. The highest BCUT2D eigenvalue weighted by atomic mass is 16.5. The highest BCUT2D eigenvalue weighted by Gasteiger charge is 2.20. The van der Waals surface area contributed by atoms with Crippen molar-refractivity contribution in [3.8, 4) is 22.6 Å². The molecule has 2 aliphatic rings. The highest BCUT2D eigenvalue weighted by Crippen LogP contribution is 2.35. The summed E-state index contributed by atoms with van der Waals surface area (Å²) < 4.78 is 12.5. The quantitative estimate of drug-likeness (QED) is 0.329. The van der Waals surface area contributed by atoms with Gasteiger partial charge in [-0.05, 0) is 79.6 Å². The number of aromatic nitrogens is 1. The monoisotopic (exact) mass is 544 g/mol. The number of piperazine rings is 1. The van der Waals surface area contributed by atoms with E-state index in [1.165, 1.54) is 16.7 Å². The minimum Gasteiger partial charge on any atom is -0.493 e. The molecular weight excluding hydrogens is 500 g/mol. The van der Waals surface area contributed by atoms with Crippen LogP contribution in [-0.2, 0) is 0 Å². The molecule has 2 aromatic carbocycles. The number of nitrogens with zero attached hydrogens (tertiary/aromatic N) is 4. The Labute approximate surface area is 239 Å². The van der Waals surface area contributed by atoms with Crippen molar-refractivity contribution in [2.45, 2.75) is 39.2 Å². The number of aliphatic hydroxyl groups excluding tert-OH is 1. The van der Waals surface area contributed by atoms with Crippen LogP contribution in [0.2, 0.25) is 0 Å². The fourth-order valence-electron chi connectivity index (χ4n) is 5.82. The number of hydrogen-bond donors (Lipinski definition) is 1. The van der Waals surface area contributed by atoms with Gasteiger partial charge in [-0.25, -0.2) is 4.98 Å². The lowest BCUT2D eigenvalue weighted by Crippen LogP contribution is -2.47. The summed E-state index contributed by atoms with van der Waals surface area (Å²) in [6, 6.07) is 18.8. The van der Waals surface area contributed by atoms with Gasteiger partial charge in [-0.15, -0.1) is 0 Å². The number of likely N-dealkylation sites (tertiary alicyclic amines) is 1. The smallest absolute Gasteiger partial charge is 0.128 e. The molecule has 2 fully saturated rings. The molecule has 0 amide bonds. The largest absolute Gasteiger partial charge is 0.493 e. The van der Waals surface area contributed by atoms with Gasteiger partial charge in [-0.1, -0.05) is 30.3 Å². The first-order valence-corrected chi connectivity index (χ1v) is 14.8. The maximum atomic E-state index is 9.72. The van der Waals surface area contributed by atoms with Crippen LogP contribution in [0.25, 0.3) is 11.1 Å². The molecule has 0 radical (unpaired) electrons. The summed E-state index contributed by atoms with van der Waals surface area (Å²) in [5, 5.41) is 9.72. The van der Waals surface area contributed by atoms with Crippen molar-refractivity contribution < 1.29 is 14.6 Å². The maximum absolute atomic E-state index is 9.72. The summed E-state index contributed by atoms with van der Waals surface area (Å²) in [5.41, 5.74) is 4.70. The van der Waals surface area contributed by atoms with Crippen LogP contribution in [0.5, 0.6) is 11.5 Å². The molecule has 0 saturated carbocycles. The molecule has 214 valence electrons. The van der Waals surface area contributed by atoms with E-state index in [1.807, 2.05) is 12.3 Å². The zero-order valence-corrected chi connectivity index (χ0v) is 24.1. The predicted molar refractivity (Wildman–Crippen MR) is 162 cm³/mol. The highest BCUT2D eigenvalue weighted by molar-refractivity contribution is 5.74. The number of anilines is 1. The van der Waals surface area contributed by atoms with E-state index in [0.29, 0.717) is 13.2 Å². The molecule has 1 N–H and O–H groups in total.